The van der Waals surface area contributed by atoms with Crippen LogP contribution in [0.2, 0.25) is 0 Å². The van der Waals surface area contributed by atoms with Crippen LogP contribution in [-0.4, -0.2) is 38.4 Å². The first-order valence-corrected chi connectivity index (χ1v) is 8.37. The summed E-state index contributed by atoms with van der Waals surface area (Å²) in [5, 5.41) is 10.3. The fourth-order valence-electron chi connectivity index (χ4n) is 2.97. The van der Waals surface area contributed by atoms with Gasteiger partial charge in [0.05, 0.1) is 21.3 Å². The van der Waals surface area contributed by atoms with E-state index in [1.54, 1.807) is 19.2 Å². The first-order chi connectivity index (χ1) is 11.9. The standard InChI is InChI=1S/C19H28O6/c1-19(11-5-7-17(21)24-3,12-6-8-18(22)25-4)15-13-14(23-2)9-10-16(15)20/h9-10,13,20H,5-8,11-12H2,1-4H3. The van der Waals surface area contributed by atoms with Gasteiger partial charge in [-0.05, 0) is 49.3 Å². The third-order valence-corrected chi connectivity index (χ3v) is 4.53. The summed E-state index contributed by atoms with van der Waals surface area (Å²) >= 11 is 0. The highest BCUT2D eigenvalue weighted by molar-refractivity contribution is 5.69. The lowest BCUT2D eigenvalue weighted by Crippen LogP contribution is -2.23. The summed E-state index contributed by atoms with van der Waals surface area (Å²) in [5.41, 5.74) is 0.349. The van der Waals surface area contributed by atoms with E-state index in [9.17, 15) is 14.7 Å². The Labute approximate surface area is 149 Å². The topological polar surface area (TPSA) is 82.1 Å². The van der Waals surface area contributed by atoms with Crippen molar-refractivity contribution in [2.75, 3.05) is 21.3 Å². The lowest BCUT2D eigenvalue weighted by Gasteiger charge is -2.31. The Morgan fingerprint density at radius 1 is 1.00 bits per heavy atom. The van der Waals surface area contributed by atoms with Crippen molar-refractivity contribution in [1.29, 1.82) is 0 Å². The third-order valence-electron chi connectivity index (χ3n) is 4.53. The normalized spacial score (nSPS) is 11.0. The molecule has 0 fully saturated rings. The number of phenolic OH excluding ortho intramolecular Hbond substituents is 1. The van der Waals surface area contributed by atoms with Crippen LogP contribution in [0.15, 0.2) is 18.2 Å². The van der Waals surface area contributed by atoms with Crippen LogP contribution < -0.4 is 4.74 Å². The van der Waals surface area contributed by atoms with Crippen molar-refractivity contribution in [2.45, 2.75) is 50.9 Å². The van der Waals surface area contributed by atoms with E-state index in [-0.39, 0.29) is 17.7 Å². The molecule has 0 spiro atoms. The lowest BCUT2D eigenvalue weighted by atomic mass is 9.74. The van der Waals surface area contributed by atoms with Gasteiger partial charge in [-0.25, -0.2) is 0 Å². The first kappa shape index (κ1) is 20.8. The predicted octanol–water partition coefficient (Wildman–Crippen LogP) is 3.35. The van der Waals surface area contributed by atoms with Gasteiger partial charge >= 0.3 is 11.9 Å². The van der Waals surface area contributed by atoms with E-state index in [1.165, 1.54) is 14.2 Å². The Morgan fingerprint density at radius 3 is 1.96 bits per heavy atom. The summed E-state index contributed by atoms with van der Waals surface area (Å²) in [5.74, 6) is 0.318. The number of hydrogen-bond acceptors (Lipinski definition) is 6. The molecule has 1 aromatic rings. The molecule has 1 N–H and O–H groups in total. The number of methoxy groups -OCH3 is 3. The zero-order valence-electron chi connectivity index (χ0n) is 15.5. The van der Waals surface area contributed by atoms with Crippen LogP contribution in [0.5, 0.6) is 11.5 Å². The molecule has 25 heavy (non-hydrogen) atoms. The van der Waals surface area contributed by atoms with Crippen molar-refractivity contribution in [3.63, 3.8) is 0 Å². The molecule has 0 heterocycles. The average Bonchev–Trinajstić information content (AvgIpc) is 2.61. The van der Waals surface area contributed by atoms with Gasteiger partial charge in [0.25, 0.3) is 0 Å². The van der Waals surface area contributed by atoms with Crippen LogP contribution in [0.3, 0.4) is 0 Å². The Balaban J connectivity index is 2.96. The van der Waals surface area contributed by atoms with Crippen molar-refractivity contribution in [1.82, 2.24) is 0 Å². The number of rotatable bonds is 10. The summed E-state index contributed by atoms with van der Waals surface area (Å²) in [6.45, 7) is 2.02. The minimum absolute atomic E-state index is 0.180. The molecule has 0 saturated heterocycles. The van der Waals surface area contributed by atoms with Gasteiger partial charge in [0.15, 0.2) is 0 Å². The van der Waals surface area contributed by atoms with Gasteiger partial charge in [-0.15, -0.1) is 0 Å². The molecule has 1 rings (SSSR count). The summed E-state index contributed by atoms with van der Waals surface area (Å²) in [7, 11) is 4.31. The maximum Gasteiger partial charge on any atom is 0.305 e. The maximum atomic E-state index is 11.4. The molecule has 6 nitrogen and oxygen atoms in total. The van der Waals surface area contributed by atoms with Gasteiger partial charge in [-0.2, -0.15) is 0 Å². The molecule has 1 aromatic carbocycles. The van der Waals surface area contributed by atoms with Crippen LogP contribution in [-0.2, 0) is 24.5 Å². The fourth-order valence-corrected chi connectivity index (χ4v) is 2.97. The molecule has 0 bridgehead atoms. The number of hydrogen-bond donors (Lipinski definition) is 1. The minimum atomic E-state index is -0.402. The highest BCUT2D eigenvalue weighted by Gasteiger charge is 2.30. The van der Waals surface area contributed by atoms with Crippen LogP contribution in [0.25, 0.3) is 0 Å². The zero-order valence-corrected chi connectivity index (χ0v) is 15.5. The quantitative estimate of drug-likeness (QED) is 0.650. The molecule has 0 unspecified atom stereocenters. The number of phenols is 1. The van der Waals surface area contributed by atoms with Crippen molar-refractivity contribution >= 4 is 11.9 Å². The molecule has 0 aromatic heterocycles. The van der Waals surface area contributed by atoms with Gasteiger partial charge in [-0.3, -0.25) is 9.59 Å². The van der Waals surface area contributed by atoms with Gasteiger partial charge in [0, 0.05) is 18.4 Å². The second-order valence-electron chi connectivity index (χ2n) is 6.30. The van der Waals surface area contributed by atoms with Gasteiger partial charge < -0.3 is 19.3 Å². The van der Waals surface area contributed by atoms with E-state index >= 15 is 0 Å². The molecule has 0 aliphatic rings. The Morgan fingerprint density at radius 2 is 1.52 bits per heavy atom. The van der Waals surface area contributed by atoms with Crippen LogP contribution in [0.4, 0.5) is 0 Å². The number of esters is 2. The largest absolute Gasteiger partial charge is 0.508 e. The first-order valence-electron chi connectivity index (χ1n) is 8.37. The SMILES string of the molecule is COC(=O)CCCC(C)(CCCC(=O)OC)c1cc(OC)ccc1O. The molecular formula is C19H28O6. The second-order valence-corrected chi connectivity index (χ2v) is 6.30. The molecule has 0 aliphatic heterocycles. The molecule has 0 saturated carbocycles. The summed E-state index contributed by atoms with van der Waals surface area (Å²) < 4.78 is 14.6. The highest BCUT2D eigenvalue weighted by Crippen LogP contribution is 2.41. The lowest BCUT2D eigenvalue weighted by molar-refractivity contribution is -0.141. The minimum Gasteiger partial charge on any atom is -0.508 e. The molecular weight excluding hydrogens is 324 g/mol. The Hall–Kier alpha value is -2.24. The number of ether oxygens (including phenoxy) is 3. The average molecular weight is 352 g/mol. The van der Waals surface area contributed by atoms with E-state index in [0.29, 0.717) is 44.3 Å². The summed E-state index contributed by atoms with van der Waals surface area (Å²) in [4.78, 5) is 22.8. The van der Waals surface area contributed by atoms with Crippen LogP contribution >= 0.6 is 0 Å². The van der Waals surface area contributed by atoms with E-state index in [0.717, 1.165) is 5.56 Å². The fraction of sp³-hybridized carbons (Fsp3) is 0.579. The van der Waals surface area contributed by atoms with E-state index in [1.807, 2.05) is 13.0 Å². The molecule has 6 heteroatoms. The van der Waals surface area contributed by atoms with Gasteiger partial charge in [-0.1, -0.05) is 6.92 Å². The molecule has 0 atom stereocenters. The number of carbonyl (C=O) groups excluding carboxylic acids is 2. The van der Waals surface area contributed by atoms with Crippen molar-refractivity contribution < 1.29 is 28.9 Å². The Kier molecular flexibility index (Phi) is 8.25. The van der Waals surface area contributed by atoms with Gasteiger partial charge in [0.1, 0.15) is 11.5 Å². The van der Waals surface area contributed by atoms with Crippen molar-refractivity contribution in [3.8, 4) is 11.5 Å². The van der Waals surface area contributed by atoms with Gasteiger partial charge in [0.2, 0.25) is 0 Å². The highest BCUT2D eigenvalue weighted by atomic mass is 16.5. The summed E-state index contributed by atoms with van der Waals surface area (Å²) in [6.07, 6.45) is 3.21. The van der Waals surface area contributed by atoms with E-state index in [2.05, 4.69) is 9.47 Å². The number of carbonyl (C=O) groups is 2. The van der Waals surface area contributed by atoms with Crippen LogP contribution in [0.1, 0.15) is 51.0 Å². The van der Waals surface area contributed by atoms with E-state index in [4.69, 9.17) is 4.74 Å². The molecule has 0 amide bonds. The predicted molar refractivity (Wildman–Crippen MR) is 93.7 cm³/mol. The zero-order chi connectivity index (χ0) is 18.9. The van der Waals surface area contributed by atoms with Crippen molar-refractivity contribution in [2.24, 2.45) is 0 Å². The maximum absolute atomic E-state index is 11.4. The smallest absolute Gasteiger partial charge is 0.305 e. The number of benzene rings is 1. The van der Waals surface area contributed by atoms with E-state index < -0.39 is 5.41 Å². The number of aromatic hydroxyl groups is 1. The Bertz CT molecular complexity index is 559. The molecule has 140 valence electrons. The van der Waals surface area contributed by atoms with Crippen LogP contribution in [0, 0.1) is 0 Å². The monoisotopic (exact) mass is 352 g/mol. The third kappa shape index (κ3) is 6.29. The summed E-state index contributed by atoms with van der Waals surface area (Å²) in [6, 6.07) is 5.11. The van der Waals surface area contributed by atoms with Crippen molar-refractivity contribution in [3.05, 3.63) is 23.8 Å². The molecule has 0 radical (unpaired) electrons. The molecule has 0 aliphatic carbocycles. The second kappa shape index (κ2) is 9.91.